The number of hydrogen-bond acceptors (Lipinski definition) is 4. The summed E-state index contributed by atoms with van der Waals surface area (Å²) in [5.74, 6) is 0. The molecular weight excluding hydrogens is 412 g/mol. The first-order valence-electron chi connectivity index (χ1n) is 13.1. The average molecular weight is 453 g/mol. The lowest BCUT2D eigenvalue weighted by atomic mass is 9.91. The van der Waals surface area contributed by atoms with Crippen molar-refractivity contribution in [1.29, 1.82) is 0 Å². The maximum absolute atomic E-state index is 11.5. The number of rotatable bonds is 12. The van der Waals surface area contributed by atoms with Crippen LogP contribution in [0, 0.1) is 0 Å². The number of fused-ring (bicyclic) bond motifs is 2. The summed E-state index contributed by atoms with van der Waals surface area (Å²) in [4.78, 5) is 29.1. The molecule has 2 aliphatic carbocycles. The molecule has 0 unspecified atom stereocenters. The van der Waals surface area contributed by atoms with Crippen LogP contribution >= 0.6 is 0 Å². The Morgan fingerprint density at radius 3 is 1.52 bits per heavy atom. The van der Waals surface area contributed by atoms with Crippen LogP contribution in [0.1, 0.15) is 105 Å². The molecule has 0 saturated heterocycles. The smallest absolute Gasteiger partial charge is 0.248 e. The summed E-state index contributed by atoms with van der Waals surface area (Å²) in [6.07, 6.45) is 15.6. The zero-order valence-corrected chi connectivity index (χ0v) is 19.9. The molecule has 180 valence electrons. The number of aromatic nitrogens is 2. The Labute approximate surface area is 197 Å². The van der Waals surface area contributed by atoms with E-state index in [0.29, 0.717) is 12.1 Å². The van der Waals surface area contributed by atoms with Gasteiger partial charge in [0, 0.05) is 35.6 Å². The van der Waals surface area contributed by atoms with E-state index in [4.69, 9.17) is 0 Å². The second-order valence-electron chi connectivity index (χ2n) is 9.79. The van der Waals surface area contributed by atoms with Gasteiger partial charge in [-0.1, -0.05) is 44.2 Å². The minimum Gasteiger partial charge on any atom is -0.326 e. The lowest BCUT2D eigenvalue weighted by molar-refractivity contribution is 0.437. The number of H-pyrrole nitrogens is 2. The Morgan fingerprint density at radius 2 is 1.06 bits per heavy atom. The minimum absolute atomic E-state index is 0.0158. The van der Waals surface area contributed by atoms with Gasteiger partial charge in [-0.2, -0.15) is 0 Å². The van der Waals surface area contributed by atoms with Crippen molar-refractivity contribution in [3.8, 4) is 0 Å². The normalized spacial score (nSPS) is 19.8. The monoisotopic (exact) mass is 452 g/mol. The molecule has 2 aromatic heterocycles. The molecule has 4 rings (SSSR count). The number of pyridine rings is 2. The highest BCUT2D eigenvalue weighted by molar-refractivity contribution is 5.27. The van der Waals surface area contributed by atoms with Crippen LogP contribution in [-0.2, 0) is 12.8 Å². The number of hydrogen-bond donors (Lipinski definition) is 4. The Kier molecular flexibility index (Phi) is 8.95. The quantitative estimate of drug-likeness (QED) is 0.359. The Balaban J connectivity index is 1.02. The number of aryl methyl sites for hydroxylation is 2. The Morgan fingerprint density at radius 1 is 0.636 bits per heavy atom. The lowest BCUT2D eigenvalue weighted by Crippen LogP contribution is -2.28. The first-order chi connectivity index (χ1) is 16.2. The summed E-state index contributed by atoms with van der Waals surface area (Å²) in [5, 5.41) is 7.41. The SMILES string of the molecule is O=c1ccc2c([nH]1)CCC[C@@H]2NCCCCCCCCCN[C@H]1CCCc2[nH]c(=O)ccc21. The molecule has 0 amide bonds. The molecule has 2 heterocycles. The second-order valence-corrected chi connectivity index (χ2v) is 9.79. The van der Waals surface area contributed by atoms with Crippen LogP contribution in [0.15, 0.2) is 33.9 Å². The number of unbranched alkanes of at least 4 members (excludes halogenated alkanes) is 6. The molecule has 6 heteroatoms. The molecular formula is C27H40N4O2. The molecule has 2 atom stereocenters. The van der Waals surface area contributed by atoms with E-state index in [1.807, 2.05) is 12.1 Å². The molecule has 2 aromatic rings. The Hall–Kier alpha value is -2.18. The van der Waals surface area contributed by atoms with Gasteiger partial charge in [-0.15, -0.1) is 0 Å². The average Bonchev–Trinajstić information content (AvgIpc) is 2.82. The van der Waals surface area contributed by atoms with Gasteiger partial charge in [0.2, 0.25) is 11.1 Å². The zero-order chi connectivity index (χ0) is 22.9. The van der Waals surface area contributed by atoms with E-state index >= 15 is 0 Å². The summed E-state index contributed by atoms with van der Waals surface area (Å²) >= 11 is 0. The fourth-order valence-electron chi connectivity index (χ4n) is 5.51. The van der Waals surface area contributed by atoms with Crippen LogP contribution in [-0.4, -0.2) is 23.1 Å². The number of aromatic amines is 2. The van der Waals surface area contributed by atoms with Gasteiger partial charge in [0.05, 0.1) is 0 Å². The van der Waals surface area contributed by atoms with E-state index in [0.717, 1.165) is 63.0 Å². The number of nitrogens with one attached hydrogen (secondary N) is 4. The maximum atomic E-state index is 11.5. The minimum atomic E-state index is 0.0158. The van der Waals surface area contributed by atoms with Crippen LogP contribution < -0.4 is 21.8 Å². The third kappa shape index (κ3) is 6.90. The third-order valence-electron chi connectivity index (χ3n) is 7.30. The summed E-state index contributed by atoms with van der Waals surface area (Å²) in [5.41, 5.74) is 4.87. The van der Waals surface area contributed by atoms with Crippen molar-refractivity contribution in [1.82, 2.24) is 20.6 Å². The van der Waals surface area contributed by atoms with Gasteiger partial charge < -0.3 is 20.6 Å². The van der Waals surface area contributed by atoms with Crippen molar-refractivity contribution in [3.05, 3.63) is 67.5 Å². The summed E-state index contributed by atoms with van der Waals surface area (Å²) in [6, 6.07) is 8.12. The van der Waals surface area contributed by atoms with Gasteiger partial charge in [-0.25, -0.2) is 0 Å². The van der Waals surface area contributed by atoms with Gasteiger partial charge in [-0.3, -0.25) is 9.59 Å². The molecule has 0 radical (unpaired) electrons. The predicted molar refractivity (Wildman–Crippen MR) is 134 cm³/mol. The van der Waals surface area contributed by atoms with E-state index in [2.05, 4.69) is 20.6 Å². The molecule has 0 spiro atoms. The van der Waals surface area contributed by atoms with Crippen molar-refractivity contribution in [2.45, 2.75) is 95.6 Å². The van der Waals surface area contributed by atoms with Crippen LogP contribution in [0.4, 0.5) is 0 Å². The zero-order valence-electron chi connectivity index (χ0n) is 19.9. The maximum Gasteiger partial charge on any atom is 0.248 e. The first kappa shape index (κ1) is 24.0. The van der Waals surface area contributed by atoms with Crippen molar-refractivity contribution >= 4 is 0 Å². The van der Waals surface area contributed by atoms with E-state index < -0.39 is 0 Å². The van der Waals surface area contributed by atoms with E-state index in [-0.39, 0.29) is 11.1 Å². The van der Waals surface area contributed by atoms with Gasteiger partial charge in [0.25, 0.3) is 0 Å². The van der Waals surface area contributed by atoms with Crippen molar-refractivity contribution < 1.29 is 0 Å². The molecule has 4 N–H and O–H groups in total. The first-order valence-corrected chi connectivity index (χ1v) is 13.1. The molecule has 0 saturated carbocycles. The predicted octanol–water partition coefficient (Wildman–Crippen LogP) is 4.43. The highest BCUT2D eigenvalue weighted by atomic mass is 16.1. The van der Waals surface area contributed by atoms with E-state index in [9.17, 15) is 9.59 Å². The topological polar surface area (TPSA) is 89.8 Å². The van der Waals surface area contributed by atoms with Crippen molar-refractivity contribution in [2.75, 3.05) is 13.1 Å². The highest BCUT2D eigenvalue weighted by Gasteiger charge is 2.21. The molecule has 33 heavy (non-hydrogen) atoms. The van der Waals surface area contributed by atoms with Crippen LogP contribution in [0.2, 0.25) is 0 Å². The molecule has 0 bridgehead atoms. The Bertz CT molecular complexity index is 917. The lowest BCUT2D eigenvalue weighted by Gasteiger charge is -2.26. The van der Waals surface area contributed by atoms with Crippen LogP contribution in [0.5, 0.6) is 0 Å². The van der Waals surface area contributed by atoms with Crippen molar-refractivity contribution in [2.24, 2.45) is 0 Å². The largest absolute Gasteiger partial charge is 0.326 e. The van der Waals surface area contributed by atoms with Gasteiger partial charge in [0.1, 0.15) is 0 Å². The third-order valence-corrected chi connectivity index (χ3v) is 7.30. The fourth-order valence-corrected chi connectivity index (χ4v) is 5.51. The fraction of sp³-hybridized carbons (Fsp3) is 0.630. The van der Waals surface area contributed by atoms with Crippen molar-refractivity contribution in [3.63, 3.8) is 0 Å². The van der Waals surface area contributed by atoms with E-state index in [1.54, 1.807) is 12.1 Å². The molecule has 0 fully saturated rings. The standard InChI is InChI=1S/C27H40N4O2/c32-26-16-14-20-22(10-8-12-24(20)30-26)28-18-6-4-2-1-3-5-7-19-29-23-11-9-13-25-21(23)15-17-27(33)31-25/h14-17,22-23,28-29H,1-13,18-19H2,(H,30,32)(H,31,33)/t22-,23-/m0/s1. The highest BCUT2D eigenvalue weighted by Crippen LogP contribution is 2.28. The summed E-state index contributed by atoms with van der Waals surface area (Å²) in [6.45, 7) is 2.11. The van der Waals surface area contributed by atoms with Gasteiger partial charge in [0.15, 0.2) is 0 Å². The molecule has 0 aliphatic heterocycles. The van der Waals surface area contributed by atoms with Gasteiger partial charge in [-0.05, 0) is 75.6 Å². The van der Waals surface area contributed by atoms with Crippen LogP contribution in [0.25, 0.3) is 0 Å². The van der Waals surface area contributed by atoms with Gasteiger partial charge >= 0.3 is 0 Å². The summed E-state index contributed by atoms with van der Waals surface area (Å²) < 4.78 is 0. The summed E-state index contributed by atoms with van der Waals surface area (Å²) in [7, 11) is 0. The van der Waals surface area contributed by atoms with Crippen LogP contribution in [0.3, 0.4) is 0 Å². The molecule has 0 aromatic carbocycles. The molecule has 6 nitrogen and oxygen atoms in total. The molecule has 2 aliphatic rings. The second kappa shape index (κ2) is 12.3. The van der Waals surface area contributed by atoms with E-state index in [1.165, 1.54) is 56.1 Å².